The molecule has 0 heterocycles. The van der Waals surface area contributed by atoms with E-state index < -0.39 is 0 Å². The van der Waals surface area contributed by atoms with E-state index in [9.17, 15) is 4.79 Å². The Kier molecular flexibility index (Phi) is 21.9. The lowest BCUT2D eigenvalue weighted by atomic mass is 9.68. The van der Waals surface area contributed by atoms with Gasteiger partial charge in [0, 0.05) is 29.0 Å². The first-order chi connectivity index (χ1) is 20.6. The summed E-state index contributed by atoms with van der Waals surface area (Å²) >= 11 is 0. The summed E-state index contributed by atoms with van der Waals surface area (Å²) in [6, 6.07) is 0.0518. The van der Waals surface area contributed by atoms with E-state index in [1.54, 1.807) is 0 Å². The summed E-state index contributed by atoms with van der Waals surface area (Å²) in [5, 5.41) is 15.3. The van der Waals surface area contributed by atoms with Crippen molar-refractivity contribution in [2.24, 2.45) is 16.6 Å². The van der Waals surface area contributed by atoms with Gasteiger partial charge in [-0.3, -0.25) is 10.2 Å². The van der Waals surface area contributed by atoms with Crippen molar-refractivity contribution in [2.75, 3.05) is 0 Å². The summed E-state index contributed by atoms with van der Waals surface area (Å²) in [5.74, 6) is 0.461. The van der Waals surface area contributed by atoms with Crippen LogP contribution in [0.1, 0.15) is 210 Å². The molecule has 0 rings (SSSR count). The largest absolute Gasteiger partial charge is 0.370 e. The Labute approximate surface area is 276 Å². The maximum Gasteiger partial charge on any atom is 0.186 e. The lowest BCUT2D eigenvalue weighted by Crippen LogP contribution is -2.58. The number of nitrogens with one attached hydrogen (secondary N) is 3. The molecule has 0 aliphatic rings. The lowest BCUT2D eigenvalue weighted by Gasteiger charge is -2.46. The van der Waals surface area contributed by atoms with E-state index in [2.05, 4.69) is 79.9 Å². The molecule has 44 heavy (non-hydrogen) atoms. The van der Waals surface area contributed by atoms with Crippen molar-refractivity contribution in [3.63, 3.8) is 0 Å². The van der Waals surface area contributed by atoms with Crippen LogP contribution in [0.5, 0.6) is 0 Å². The first kappa shape index (κ1) is 42.9. The van der Waals surface area contributed by atoms with Gasteiger partial charge in [-0.25, -0.2) is 0 Å². The summed E-state index contributed by atoms with van der Waals surface area (Å²) in [7, 11) is 0. The van der Waals surface area contributed by atoms with Crippen molar-refractivity contribution in [3.8, 4) is 0 Å². The summed E-state index contributed by atoms with van der Waals surface area (Å²) in [4.78, 5) is 14.6. The van der Waals surface area contributed by atoms with Gasteiger partial charge in [-0.2, -0.15) is 0 Å². The Morgan fingerprint density at radius 1 is 0.636 bits per heavy atom. The number of hydrogen-bond acceptors (Lipinski definition) is 3. The molecule has 0 aliphatic heterocycles. The van der Waals surface area contributed by atoms with E-state index in [-0.39, 0.29) is 33.9 Å². The molecule has 0 bridgehead atoms. The van der Waals surface area contributed by atoms with Gasteiger partial charge in [0.25, 0.3) is 0 Å². The fourth-order valence-corrected chi connectivity index (χ4v) is 7.49. The van der Waals surface area contributed by atoms with Crippen molar-refractivity contribution in [2.45, 2.75) is 228 Å². The minimum atomic E-state index is -0.347. The zero-order valence-electron chi connectivity index (χ0n) is 31.6. The van der Waals surface area contributed by atoms with Gasteiger partial charge in [0.15, 0.2) is 5.96 Å². The smallest absolute Gasteiger partial charge is 0.186 e. The van der Waals surface area contributed by atoms with Crippen molar-refractivity contribution in [1.82, 2.24) is 10.6 Å². The van der Waals surface area contributed by atoms with E-state index in [1.807, 2.05) is 0 Å². The minimum absolute atomic E-state index is 0.000496. The molecule has 0 amide bonds. The van der Waals surface area contributed by atoms with E-state index in [4.69, 9.17) is 11.1 Å². The van der Waals surface area contributed by atoms with Crippen molar-refractivity contribution < 1.29 is 4.79 Å². The number of carbonyl (C=O) groups is 1. The molecular formula is C39H80N4O. The predicted octanol–water partition coefficient (Wildman–Crippen LogP) is 11.2. The molecule has 0 saturated carbocycles. The normalized spacial score (nSPS) is 13.7. The standard InChI is InChI=1S/C39H80N4O/c1-11-15-19-23-27-38(9,28-24-20-16-12-2)34(44)31-33(36(5,6)32-37(7,8)43-35(40)41)42-39(10,29-25-21-17-13-3)30-26-22-18-14-4/h33,42H,11-32H2,1-10H3,(H4,40,41,43). The summed E-state index contributed by atoms with van der Waals surface area (Å²) in [6.45, 7) is 22.7. The molecule has 0 aromatic rings. The Morgan fingerprint density at radius 2 is 1.02 bits per heavy atom. The average molecular weight is 621 g/mol. The quantitative estimate of drug-likeness (QED) is 0.0380. The summed E-state index contributed by atoms with van der Waals surface area (Å²) in [6.07, 6.45) is 25.5. The van der Waals surface area contributed by atoms with Gasteiger partial charge in [-0.1, -0.05) is 151 Å². The van der Waals surface area contributed by atoms with Crippen molar-refractivity contribution in [1.29, 1.82) is 5.41 Å². The highest BCUT2D eigenvalue weighted by Gasteiger charge is 2.42. The zero-order chi connectivity index (χ0) is 33.7. The van der Waals surface area contributed by atoms with Crippen LogP contribution in [0.4, 0.5) is 0 Å². The molecule has 5 heteroatoms. The fourth-order valence-electron chi connectivity index (χ4n) is 7.49. The molecule has 1 unspecified atom stereocenters. The molecule has 0 aromatic carbocycles. The maximum atomic E-state index is 14.6. The molecule has 0 aliphatic carbocycles. The van der Waals surface area contributed by atoms with Crippen LogP contribution in [0, 0.1) is 16.2 Å². The topological polar surface area (TPSA) is 91.0 Å². The van der Waals surface area contributed by atoms with Crippen LogP contribution < -0.4 is 16.4 Å². The summed E-state index contributed by atoms with van der Waals surface area (Å²) in [5.41, 5.74) is 5.02. The molecule has 0 aromatic heterocycles. The van der Waals surface area contributed by atoms with E-state index in [0.717, 1.165) is 44.9 Å². The van der Waals surface area contributed by atoms with Crippen LogP contribution >= 0.6 is 0 Å². The number of Topliss-reactive ketones (excluding diaryl/α,β-unsaturated/α-hetero) is 1. The minimum Gasteiger partial charge on any atom is -0.370 e. The van der Waals surface area contributed by atoms with Crippen molar-refractivity contribution >= 4 is 11.7 Å². The average Bonchev–Trinajstić information content (AvgIpc) is 2.92. The van der Waals surface area contributed by atoms with Crippen LogP contribution in [0.25, 0.3) is 0 Å². The van der Waals surface area contributed by atoms with E-state index >= 15 is 0 Å². The first-order valence-corrected chi connectivity index (χ1v) is 19.0. The SMILES string of the molecule is CCCCCCC(C)(CCCCCC)NC(CC(=O)C(C)(CCCCCC)CCCCCC)C(C)(C)CC(C)(C)NC(=N)N. The maximum absolute atomic E-state index is 14.6. The van der Waals surface area contributed by atoms with Crippen LogP contribution in [0.2, 0.25) is 0 Å². The van der Waals surface area contributed by atoms with E-state index in [1.165, 1.54) is 89.9 Å². The van der Waals surface area contributed by atoms with Crippen LogP contribution in [-0.2, 0) is 4.79 Å². The van der Waals surface area contributed by atoms with Crippen molar-refractivity contribution in [3.05, 3.63) is 0 Å². The molecule has 262 valence electrons. The van der Waals surface area contributed by atoms with Gasteiger partial charge in [-0.05, 0) is 58.3 Å². The lowest BCUT2D eigenvalue weighted by molar-refractivity contribution is -0.130. The number of nitrogens with two attached hydrogens (primary N) is 1. The van der Waals surface area contributed by atoms with Crippen LogP contribution in [0.3, 0.4) is 0 Å². The molecule has 5 nitrogen and oxygen atoms in total. The molecule has 1 atom stereocenters. The van der Waals surface area contributed by atoms with Gasteiger partial charge in [0.2, 0.25) is 0 Å². The van der Waals surface area contributed by atoms with E-state index in [0.29, 0.717) is 12.2 Å². The second-order valence-electron chi connectivity index (χ2n) is 16.3. The third-order valence-corrected chi connectivity index (χ3v) is 10.2. The number of guanidine groups is 1. The summed E-state index contributed by atoms with van der Waals surface area (Å²) < 4.78 is 0. The molecule has 0 spiro atoms. The zero-order valence-corrected chi connectivity index (χ0v) is 31.6. The number of rotatable bonds is 29. The van der Waals surface area contributed by atoms with Gasteiger partial charge >= 0.3 is 0 Å². The Hall–Kier alpha value is -1.10. The fraction of sp³-hybridized carbons (Fsp3) is 0.949. The number of carbonyl (C=O) groups excluding carboxylic acids is 1. The second kappa shape index (κ2) is 22.4. The molecule has 0 saturated heterocycles. The number of hydrogen-bond donors (Lipinski definition) is 4. The third kappa shape index (κ3) is 18.8. The predicted molar refractivity (Wildman–Crippen MR) is 196 cm³/mol. The third-order valence-electron chi connectivity index (χ3n) is 10.2. The monoisotopic (exact) mass is 621 g/mol. The molecule has 0 radical (unpaired) electrons. The van der Waals surface area contributed by atoms with Gasteiger partial charge < -0.3 is 16.4 Å². The van der Waals surface area contributed by atoms with Gasteiger partial charge in [-0.15, -0.1) is 0 Å². The Balaban J connectivity index is 6.35. The Morgan fingerprint density at radius 3 is 1.39 bits per heavy atom. The molecular weight excluding hydrogens is 540 g/mol. The number of ketones is 1. The highest BCUT2D eigenvalue weighted by molar-refractivity contribution is 5.85. The molecule has 0 fully saturated rings. The number of unbranched alkanes of at least 4 members (excludes halogenated alkanes) is 12. The Bertz CT molecular complexity index is 735. The van der Waals surface area contributed by atoms with Crippen LogP contribution in [-0.4, -0.2) is 28.9 Å². The highest BCUT2D eigenvalue weighted by Crippen LogP contribution is 2.40. The molecule has 5 N–H and O–H groups in total. The first-order valence-electron chi connectivity index (χ1n) is 19.0. The van der Waals surface area contributed by atoms with Gasteiger partial charge in [0.1, 0.15) is 5.78 Å². The van der Waals surface area contributed by atoms with Crippen LogP contribution in [0.15, 0.2) is 0 Å². The van der Waals surface area contributed by atoms with Gasteiger partial charge in [0.05, 0.1) is 0 Å². The highest BCUT2D eigenvalue weighted by atomic mass is 16.1. The second-order valence-corrected chi connectivity index (χ2v) is 16.3.